The molecule has 0 aliphatic heterocycles. The molecule has 4 N–H and O–H groups in total. The average Bonchev–Trinajstić information content (AvgIpc) is 2.42. The molecule has 0 atom stereocenters. The lowest BCUT2D eigenvalue weighted by molar-refractivity contribution is 0.598. The maximum absolute atomic E-state index is 11.2. The maximum Gasteiger partial charge on any atom is 0.238 e. The fourth-order valence-corrected chi connectivity index (χ4v) is 2.62. The van der Waals surface area contributed by atoms with Crippen molar-refractivity contribution in [3.63, 3.8) is 0 Å². The minimum absolute atomic E-state index is 0.0437. The van der Waals surface area contributed by atoms with E-state index in [1.807, 2.05) is 19.1 Å². The molecule has 0 heterocycles. The Hall–Kier alpha value is -1.67. The Kier molecular flexibility index (Phi) is 5.02. The lowest BCUT2D eigenvalue weighted by atomic mass is 10.2. The first-order valence-electron chi connectivity index (χ1n) is 6.23. The summed E-state index contributed by atoms with van der Waals surface area (Å²) < 4.78 is 22.3. The number of benzene rings is 2. The standard InChI is InChI=1S/C14H14ClN3O2S2/c1-9-2-3-11(8-13(9)15)18-14(21)17-10-4-6-12(7-5-10)22(16,19)20/h2-8H,1H3,(H2,16,19,20)(H2,17,18,21). The van der Waals surface area contributed by atoms with Crippen LogP contribution in [0.15, 0.2) is 47.4 Å². The molecule has 2 aromatic carbocycles. The van der Waals surface area contributed by atoms with Gasteiger partial charge in [0.1, 0.15) is 0 Å². The monoisotopic (exact) mass is 355 g/mol. The van der Waals surface area contributed by atoms with E-state index in [4.69, 9.17) is 29.0 Å². The molecule has 22 heavy (non-hydrogen) atoms. The fraction of sp³-hybridized carbons (Fsp3) is 0.0714. The van der Waals surface area contributed by atoms with Gasteiger partial charge in [0.25, 0.3) is 0 Å². The molecule has 0 saturated heterocycles. The Balaban J connectivity index is 2.04. The van der Waals surface area contributed by atoms with E-state index >= 15 is 0 Å². The predicted octanol–water partition coefficient (Wildman–Crippen LogP) is 3.10. The Morgan fingerprint density at radius 1 is 1.09 bits per heavy atom. The molecule has 5 nitrogen and oxygen atoms in total. The quantitative estimate of drug-likeness (QED) is 0.737. The molecule has 0 radical (unpaired) electrons. The van der Waals surface area contributed by atoms with Gasteiger partial charge in [-0.1, -0.05) is 17.7 Å². The van der Waals surface area contributed by atoms with Gasteiger partial charge in [0, 0.05) is 16.4 Å². The van der Waals surface area contributed by atoms with Gasteiger partial charge in [-0.25, -0.2) is 13.6 Å². The summed E-state index contributed by atoms with van der Waals surface area (Å²) >= 11 is 11.2. The zero-order chi connectivity index (χ0) is 16.3. The highest BCUT2D eigenvalue weighted by Gasteiger charge is 2.07. The summed E-state index contributed by atoms with van der Waals surface area (Å²) in [6, 6.07) is 11.5. The molecule has 0 aliphatic carbocycles. The van der Waals surface area contributed by atoms with Gasteiger partial charge in [-0.2, -0.15) is 0 Å². The highest BCUT2D eigenvalue weighted by molar-refractivity contribution is 7.89. The van der Waals surface area contributed by atoms with Crippen LogP contribution in [-0.2, 0) is 10.0 Å². The molecule has 0 amide bonds. The van der Waals surface area contributed by atoms with Crippen molar-refractivity contribution in [1.29, 1.82) is 0 Å². The van der Waals surface area contributed by atoms with Crippen LogP contribution in [0.2, 0.25) is 5.02 Å². The van der Waals surface area contributed by atoms with Crippen LogP contribution in [0.3, 0.4) is 0 Å². The second kappa shape index (κ2) is 6.62. The average molecular weight is 356 g/mol. The molecular weight excluding hydrogens is 342 g/mol. The summed E-state index contributed by atoms with van der Waals surface area (Å²) in [5, 5.41) is 12.0. The number of hydrogen-bond acceptors (Lipinski definition) is 3. The minimum Gasteiger partial charge on any atom is -0.332 e. The van der Waals surface area contributed by atoms with E-state index in [9.17, 15) is 8.42 Å². The number of thiocarbonyl (C=S) groups is 1. The summed E-state index contributed by atoms with van der Waals surface area (Å²) in [5.74, 6) is 0. The van der Waals surface area contributed by atoms with Crippen LogP contribution in [0.1, 0.15) is 5.56 Å². The van der Waals surface area contributed by atoms with Crippen LogP contribution in [-0.4, -0.2) is 13.5 Å². The minimum atomic E-state index is -3.70. The molecule has 0 spiro atoms. The molecule has 0 aromatic heterocycles. The third-order valence-electron chi connectivity index (χ3n) is 2.87. The van der Waals surface area contributed by atoms with Crippen LogP contribution in [0, 0.1) is 6.92 Å². The smallest absolute Gasteiger partial charge is 0.238 e. The van der Waals surface area contributed by atoms with E-state index in [1.54, 1.807) is 18.2 Å². The Morgan fingerprint density at radius 3 is 2.18 bits per heavy atom. The highest BCUT2D eigenvalue weighted by Crippen LogP contribution is 2.20. The second-order valence-electron chi connectivity index (χ2n) is 4.61. The van der Waals surface area contributed by atoms with Crippen molar-refractivity contribution in [3.8, 4) is 0 Å². The number of anilines is 2. The fourth-order valence-electron chi connectivity index (χ4n) is 1.69. The zero-order valence-corrected chi connectivity index (χ0v) is 14.0. The first kappa shape index (κ1) is 16.7. The third-order valence-corrected chi connectivity index (χ3v) is 4.41. The van der Waals surface area contributed by atoms with Crippen molar-refractivity contribution in [2.24, 2.45) is 5.14 Å². The lowest BCUT2D eigenvalue weighted by Crippen LogP contribution is -2.19. The van der Waals surface area contributed by atoms with E-state index < -0.39 is 10.0 Å². The van der Waals surface area contributed by atoms with Gasteiger partial charge in [-0.15, -0.1) is 0 Å². The molecule has 0 fully saturated rings. The Labute approximate surface area is 139 Å². The highest BCUT2D eigenvalue weighted by atomic mass is 35.5. The Morgan fingerprint density at radius 2 is 1.64 bits per heavy atom. The van der Waals surface area contributed by atoms with Crippen molar-refractivity contribution in [3.05, 3.63) is 53.1 Å². The molecule has 116 valence electrons. The van der Waals surface area contributed by atoms with Gasteiger partial charge in [0.15, 0.2) is 5.11 Å². The van der Waals surface area contributed by atoms with E-state index in [1.165, 1.54) is 12.1 Å². The molecule has 0 saturated carbocycles. The number of halogens is 1. The molecule has 0 bridgehead atoms. The first-order valence-corrected chi connectivity index (χ1v) is 8.56. The number of nitrogens with one attached hydrogen (secondary N) is 2. The summed E-state index contributed by atoms with van der Waals surface area (Å²) in [6.07, 6.45) is 0. The van der Waals surface area contributed by atoms with Gasteiger partial charge in [-0.05, 0) is 61.1 Å². The number of nitrogens with two attached hydrogens (primary N) is 1. The van der Waals surface area contributed by atoms with Crippen LogP contribution >= 0.6 is 23.8 Å². The number of primary sulfonamides is 1. The maximum atomic E-state index is 11.2. The van der Waals surface area contributed by atoms with Crippen LogP contribution in [0.4, 0.5) is 11.4 Å². The number of rotatable bonds is 3. The summed E-state index contributed by atoms with van der Waals surface area (Å²) in [6.45, 7) is 1.91. The third kappa shape index (κ3) is 4.41. The van der Waals surface area contributed by atoms with Crippen molar-refractivity contribution < 1.29 is 8.42 Å². The molecule has 2 aromatic rings. The van der Waals surface area contributed by atoms with E-state index in [0.717, 1.165) is 11.3 Å². The van der Waals surface area contributed by atoms with Gasteiger partial charge in [0.2, 0.25) is 10.0 Å². The normalized spacial score (nSPS) is 11.0. The van der Waals surface area contributed by atoms with Gasteiger partial charge >= 0.3 is 0 Å². The predicted molar refractivity (Wildman–Crippen MR) is 93.8 cm³/mol. The van der Waals surface area contributed by atoms with Crippen LogP contribution in [0.5, 0.6) is 0 Å². The van der Waals surface area contributed by atoms with E-state index in [-0.39, 0.29) is 4.90 Å². The molecular formula is C14H14ClN3O2S2. The second-order valence-corrected chi connectivity index (χ2v) is 6.99. The topological polar surface area (TPSA) is 84.2 Å². The van der Waals surface area contributed by atoms with Gasteiger partial charge < -0.3 is 10.6 Å². The molecule has 8 heteroatoms. The number of sulfonamides is 1. The SMILES string of the molecule is Cc1ccc(NC(=S)Nc2ccc(S(N)(=O)=O)cc2)cc1Cl. The van der Waals surface area contributed by atoms with Crippen molar-refractivity contribution in [2.45, 2.75) is 11.8 Å². The summed E-state index contributed by atoms with van der Waals surface area (Å²) in [4.78, 5) is 0.0437. The zero-order valence-electron chi connectivity index (χ0n) is 11.6. The van der Waals surface area contributed by atoms with Gasteiger partial charge in [0.05, 0.1) is 4.90 Å². The van der Waals surface area contributed by atoms with Crippen LogP contribution < -0.4 is 15.8 Å². The lowest BCUT2D eigenvalue weighted by Gasteiger charge is -2.11. The van der Waals surface area contributed by atoms with Gasteiger partial charge in [-0.3, -0.25) is 0 Å². The first-order chi connectivity index (χ1) is 10.3. The molecule has 0 unspecified atom stereocenters. The van der Waals surface area contributed by atoms with Crippen molar-refractivity contribution >= 4 is 50.3 Å². The summed E-state index contributed by atoms with van der Waals surface area (Å²) in [5.41, 5.74) is 2.38. The van der Waals surface area contributed by atoms with Crippen LogP contribution in [0.25, 0.3) is 0 Å². The van der Waals surface area contributed by atoms with Crippen molar-refractivity contribution in [1.82, 2.24) is 0 Å². The molecule has 2 rings (SSSR count). The van der Waals surface area contributed by atoms with Crippen molar-refractivity contribution in [2.75, 3.05) is 10.6 Å². The van der Waals surface area contributed by atoms with E-state index in [0.29, 0.717) is 15.8 Å². The number of aryl methyl sites for hydroxylation is 1. The summed E-state index contributed by atoms with van der Waals surface area (Å²) in [7, 11) is -3.70. The van der Waals surface area contributed by atoms with E-state index in [2.05, 4.69) is 10.6 Å². The Bertz CT molecular complexity index is 805. The molecule has 0 aliphatic rings. The number of hydrogen-bond donors (Lipinski definition) is 3. The largest absolute Gasteiger partial charge is 0.332 e.